The number of hydrogen-bond donors (Lipinski definition) is 1. The summed E-state index contributed by atoms with van der Waals surface area (Å²) in [6.07, 6.45) is 10.8. The second-order valence-electron chi connectivity index (χ2n) is 7.30. The fraction of sp³-hybridized carbons (Fsp3) is 1.00. The molecule has 2 N–H and O–H groups in total. The molecule has 0 aliphatic carbocycles. The van der Waals surface area contributed by atoms with Gasteiger partial charge in [-0.1, -0.05) is 32.6 Å². The highest BCUT2D eigenvalue weighted by molar-refractivity contribution is 4.97. The minimum atomic E-state index is 0.221. The summed E-state index contributed by atoms with van der Waals surface area (Å²) in [6.45, 7) is 7.96. The summed E-state index contributed by atoms with van der Waals surface area (Å²) in [4.78, 5) is 5.35. The Labute approximate surface area is 125 Å². The maximum absolute atomic E-state index is 6.18. The molecule has 2 aliphatic rings. The molecule has 3 atom stereocenters. The third-order valence-corrected chi connectivity index (χ3v) is 5.92. The second kappa shape index (κ2) is 7.24. The molecular weight excluding hydrogens is 246 g/mol. The van der Waals surface area contributed by atoms with Crippen molar-refractivity contribution < 1.29 is 0 Å². The van der Waals surface area contributed by atoms with Crippen LogP contribution in [0.25, 0.3) is 0 Å². The first-order chi connectivity index (χ1) is 9.60. The molecule has 3 unspecified atom stereocenters. The normalized spacial score (nSPS) is 31.2. The zero-order chi connectivity index (χ0) is 14.6. The standard InChI is InChI=1S/C17H35N3/c1-4-5-6-7-11-17(2,14-18)20-12-10-15-8-9-16(13-20)19(15)3/h15-16H,4-14,18H2,1-3H3. The number of hydrogen-bond acceptors (Lipinski definition) is 3. The second-order valence-corrected chi connectivity index (χ2v) is 7.30. The van der Waals surface area contributed by atoms with Crippen molar-refractivity contribution in [1.29, 1.82) is 0 Å². The van der Waals surface area contributed by atoms with E-state index in [1.54, 1.807) is 0 Å². The molecule has 2 saturated heterocycles. The third kappa shape index (κ3) is 3.55. The van der Waals surface area contributed by atoms with E-state index in [-0.39, 0.29) is 5.54 Å². The van der Waals surface area contributed by atoms with Crippen LogP contribution in [0.3, 0.4) is 0 Å². The average molecular weight is 281 g/mol. The molecule has 20 heavy (non-hydrogen) atoms. The number of fused-ring (bicyclic) bond motifs is 2. The highest BCUT2D eigenvalue weighted by Crippen LogP contribution is 2.32. The van der Waals surface area contributed by atoms with Crippen LogP contribution in [-0.2, 0) is 0 Å². The van der Waals surface area contributed by atoms with Crippen LogP contribution in [0, 0.1) is 0 Å². The van der Waals surface area contributed by atoms with Gasteiger partial charge in [0.2, 0.25) is 0 Å². The molecule has 0 saturated carbocycles. The zero-order valence-corrected chi connectivity index (χ0v) is 13.9. The molecule has 0 spiro atoms. The largest absolute Gasteiger partial charge is 0.329 e. The van der Waals surface area contributed by atoms with Gasteiger partial charge in [0.05, 0.1) is 0 Å². The van der Waals surface area contributed by atoms with Crippen LogP contribution >= 0.6 is 0 Å². The molecule has 2 bridgehead atoms. The van der Waals surface area contributed by atoms with Crippen molar-refractivity contribution in [3.63, 3.8) is 0 Å². The van der Waals surface area contributed by atoms with Crippen LogP contribution in [0.2, 0.25) is 0 Å². The van der Waals surface area contributed by atoms with E-state index in [2.05, 4.69) is 30.7 Å². The lowest BCUT2D eigenvalue weighted by atomic mass is 9.90. The third-order valence-electron chi connectivity index (χ3n) is 5.92. The Kier molecular flexibility index (Phi) is 5.88. The fourth-order valence-corrected chi connectivity index (χ4v) is 4.12. The summed E-state index contributed by atoms with van der Waals surface area (Å²) in [5, 5.41) is 0. The minimum absolute atomic E-state index is 0.221. The van der Waals surface area contributed by atoms with Crippen LogP contribution in [-0.4, -0.2) is 54.1 Å². The van der Waals surface area contributed by atoms with Gasteiger partial charge in [0, 0.05) is 37.3 Å². The maximum Gasteiger partial charge on any atom is 0.0304 e. The number of likely N-dealkylation sites (tertiary alicyclic amines) is 1. The number of nitrogens with two attached hydrogens (primary N) is 1. The van der Waals surface area contributed by atoms with Crippen molar-refractivity contribution in [2.45, 2.75) is 82.8 Å². The molecular formula is C17H35N3. The lowest BCUT2D eigenvalue weighted by Crippen LogP contribution is -2.54. The van der Waals surface area contributed by atoms with Crippen molar-refractivity contribution in [3.8, 4) is 0 Å². The first kappa shape index (κ1) is 16.3. The quantitative estimate of drug-likeness (QED) is 0.728. The minimum Gasteiger partial charge on any atom is -0.329 e. The van der Waals surface area contributed by atoms with Crippen LogP contribution in [0.4, 0.5) is 0 Å². The van der Waals surface area contributed by atoms with E-state index in [1.165, 1.54) is 64.5 Å². The molecule has 118 valence electrons. The molecule has 2 heterocycles. The number of nitrogens with zero attached hydrogens (tertiary/aromatic N) is 2. The Morgan fingerprint density at radius 2 is 1.85 bits per heavy atom. The van der Waals surface area contributed by atoms with Gasteiger partial charge in [-0.25, -0.2) is 0 Å². The summed E-state index contributed by atoms with van der Waals surface area (Å²) in [6, 6.07) is 1.59. The highest BCUT2D eigenvalue weighted by Gasteiger charge is 2.39. The van der Waals surface area contributed by atoms with Gasteiger partial charge in [-0.05, 0) is 39.7 Å². The van der Waals surface area contributed by atoms with E-state index in [0.717, 1.165) is 18.6 Å². The lowest BCUT2D eigenvalue weighted by Gasteiger charge is -2.42. The lowest BCUT2D eigenvalue weighted by molar-refractivity contribution is 0.0869. The summed E-state index contributed by atoms with van der Waals surface area (Å²) < 4.78 is 0. The van der Waals surface area contributed by atoms with Gasteiger partial charge in [-0.3, -0.25) is 9.80 Å². The predicted molar refractivity (Wildman–Crippen MR) is 87.0 cm³/mol. The van der Waals surface area contributed by atoms with E-state index < -0.39 is 0 Å². The molecule has 0 aromatic rings. The molecule has 2 rings (SSSR count). The van der Waals surface area contributed by atoms with E-state index in [4.69, 9.17) is 5.73 Å². The van der Waals surface area contributed by atoms with Crippen LogP contribution in [0.5, 0.6) is 0 Å². The number of unbranched alkanes of at least 4 members (excludes halogenated alkanes) is 3. The van der Waals surface area contributed by atoms with Gasteiger partial charge in [-0.2, -0.15) is 0 Å². The summed E-state index contributed by atoms with van der Waals surface area (Å²) in [5.41, 5.74) is 6.40. The van der Waals surface area contributed by atoms with Crippen LogP contribution in [0.15, 0.2) is 0 Å². The fourth-order valence-electron chi connectivity index (χ4n) is 4.12. The molecule has 0 amide bonds. The van der Waals surface area contributed by atoms with Gasteiger partial charge in [0.1, 0.15) is 0 Å². The van der Waals surface area contributed by atoms with Crippen molar-refractivity contribution >= 4 is 0 Å². The SMILES string of the molecule is CCCCCCC(C)(CN)N1CCC2CCC(C1)N2C. The Balaban J connectivity index is 1.92. The summed E-state index contributed by atoms with van der Waals surface area (Å²) >= 11 is 0. The van der Waals surface area contributed by atoms with Crippen LogP contribution < -0.4 is 5.73 Å². The van der Waals surface area contributed by atoms with Gasteiger partial charge >= 0.3 is 0 Å². The Morgan fingerprint density at radius 3 is 2.55 bits per heavy atom. The first-order valence-corrected chi connectivity index (χ1v) is 8.78. The molecule has 2 fully saturated rings. The maximum atomic E-state index is 6.18. The highest BCUT2D eigenvalue weighted by atomic mass is 15.3. The monoisotopic (exact) mass is 281 g/mol. The first-order valence-electron chi connectivity index (χ1n) is 8.78. The van der Waals surface area contributed by atoms with Gasteiger partial charge in [0.25, 0.3) is 0 Å². The predicted octanol–water partition coefficient (Wildman–Crippen LogP) is 2.84. The Morgan fingerprint density at radius 1 is 1.10 bits per heavy atom. The van der Waals surface area contributed by atoms with E-state index in [0.29, 0.717) is 0 Å². The van der Waals surface area contributed by atoms with Crippen molar-refractivity contribution in [3.05, 3.63) is 0 Å². The molecule has 0 aromatic carbocycles. The van der Waals surface area contributed by atoms with Gasteiger partial charge < -0.3 is 5.73 Å². The molecule has 0 radical (unpaired) electrons. The van der Waals surface area contributed by atoms with Crippen LogP contribution in [0.1, 0.15) is 65.2 Å². The number of rotatable bonds is 7. The topological polar surface area (TPSA) is 32.5 Å². The van der Waals surface area contributed by atoms with Gasteiger partial charge in [0.15, 0.2) is 0 Å². The molecule has 3 nitrogen and oxygen atoms in total. The Hall–Kier alpha value is -0.120. The summed E-state index contributed by atoms with van der Waals surface area (Å²) in [7, 11) is 2.33. The van der Waals surface area contributed by atoms with Crippen molar-refractivity contribution in [2.24, 2.45) is 5.73 Å². The van der Waals surface area contributed by atoms with Crippen molar-refractivity contribution in [1.82, 2.24) is 9.80 Å². The molecule has 2 aliphatic heterocycles. The Bertz CT molecular complexity index is 294. The average Bonchev–Trinajstić information content (AvgIpc) is 2.68. The smallest absolute Gasteiger partial charge is 0.0304 e. The van der Waals surface area contributed by atoms with Gasteiger partial charge in [-0.15, -0.1) is 0 Å². The molecule has 3 heteroatoms. The zero-order valence-electron chi connectivity index (χ0n) is 13.9. The van der Waals surface area contributed by atoms with E-state index >= 15 is 0 Å². The van der Waals surface area contributed by atoms with Crippen molar-refractivity contribution in [2.75, 3.05) is 26.7 Å². The van der Waals surface area contributed by atoms with E-state index in [1.807, 2.05) is 0 Å². The summed E-state index contributed by atoms with van der Waals surface area (Å²) in [5.74, 6) is 0. The molecule has 0 aromatic heterocycles. The van der Waals surface area contributed by atoms with E-state index in [9.17, 15) is 0 Å². The number of likely N-dealkylation sites (N-methyl/N-ethyl adjacent to an activating group) is 1.